The van der Waals surface area contributed by atoms with Crippen LogP contribution in [-0.4, -0.2) is 42.0 Å². The fraction of sp³-hybridized carbons (Fsp3) is 0.579. The highest BCUT2D eigenvalue weighted by Gasteiger charge is 2.32. The van der Waals surface area contributed by atoms with Crippen LogP contribution in [0.4, 0.5) is 5.13 Å². The summed E-state index contributed by atoms with van der Waals surface area (Å²) in [6.07, 6.45) is 4.30. The van der Waals surface area contributed by atoms with Crippen molar-refractivity contribution in [2.24, 2.45) is 11.8 Å². The van der Waals surface area contributed by atoms with E-state index >= 15 is 0 Å². The first kappa shape index (κ1) is 15.9. The molecule has 4 rings (SSSR count). The molecule has 0 radical (unpaired) electrons. The average Bonchev–Trinajstić information content (AvgIpc) is 3.28. The molecule has 5 heteroatoms. The summed E-state index contributed by atoms with van der Waals surface area (Å²) in [5.41, 5.74) is 1.08. The van der Waals surface area contributed by atoms with E-state index in [1.54, 1.807) is 11.3 Å². The molecule has 2 aliphatic heterocycles. The van der Waals surface area contributed by atoms with E-state index in [0.29, 0.717) is 5.91 Å². The Morgan fingerprint density at radius 3 is 2.71 bits per heavy atom. The van der Waals surface area contributed by atoms with E-state index in [1.807, 2.05) is 6.07 Å². The lowest BCUT2D eigenvalue weighted by Crippen LogP contribution is -2.41. The van der Waals surface area contributed by atoms with Crippen molar-refractivity contribution in [2.45, 2.75) is 32.6 Å². The zero-order chi connectivity index (χ0) is 16.5. The first-order valence-electron chi connectivity index (χ1n) is 9.14. The summed E-state index contributed by atoms with van der Waals surface area (Å²) in [5, 5.41) is 1.11. The van der Waals surface area contributed by atoms with E-state index in [4.69, 9.17) is 4.98 Å². The van der Waals surface area contributed by atoms with Crippen LogP contribution in [0.25, 0.3) is 10.2 Å². The summed E-state index contributed by atoms with van der Waals surface area (Å²) in [6, 6.07) is 8.30. The van der Waals surface area contributed by atoms with Gasteiger partial charge in [0.05, 0.1) is 10.2 Å². The summed E-state index contributed by atoms with van der Waals surface area (Å²) in [6.45, 7) is 6.07. The summed E-state index contributed by atoms with van der Waals surface area (Å²) < 4.78 is 1.24. The van der Waals surface area contributed by atoms with Gasteiger partial charge in [-0.1, -0.05) is 36.8 Å². The van der Waals surface area contributed by atoms with Crippen molar-refractivity contribution in [3.05, 3.63) is 24.3 Å². The SMILES string of the molecule is CCC1CCN(C(=O)C2CCN(c3nc4ccccc4s3)CC2)C1. The Morgan fingerprint density at radius 1 is 1.21 bits per heavy atom. The molecule has 4 nitrogen and oxygen atoms in total. The van der Waals surface area contributed by atoms with Gasteiger partial charge in [-0.15, -0.1) is 0 Å². The smallest absolute Gasteiger partial charge is 0.225 e. The second-order valence-electron chi connectivity index (χ2n) is 7.07. The maximum Gasteiger partial charge on any atom is 0.225 e. The number of anilines is 1. The number of hydrogen-bond donors (Lipinski definition) is 0. The number of hydrogen-bond acceptors (Lipinski definition) is 4. The second-order valence-corrected chi connectivity index (χ2v) is 8.08. The van der Waals surface area contributed by atoms with Gasteiger partial charge < -0.3 is 9.80 Å². The molecule has 2 aliphatic rings. The van der Waals surface area contributed by atoms with Gasteiger partial charge in [0.1, 0.15) is 0 Å². The van der Waals surface area contributed by atoms with E-state index in [9.17, 15) is 4.79 Å². The molecule has 1 aromatic heterocycles. The Balaban J connectivity index is 1.37. The lowest BCUT2D eigenvalue weighted by Gasteiger charge is -2.33. The van der Waals surface area contributed by atoms with Crippen molar-refractivity contribution < 1.29 is 4.79 Å². The van der Waals surface area contributed by atoms with Crippen molar-refractivity contribution >= 4 is 32.6 Å². The zero-order valence-corrected chi connectivity index (χ0v) is 15.1. The number of para-hydroxylation sites is 1. The van der Waals surface area contributed by atoms with Gasteiger partial charge >= 0.3 is 0 Å². The van der Waals surface area contributed by atoms with Gasteiger partial charge in [0.25, 0.3) is 0 Å². The Morgan fingerprint density at radius 2 is 2.00 bits per heavy atom. The van der Waals surface area contributed by atoms with E-state index in [1.165, 1.54) is 17.5 Å². The van der Waals surface area contributed by atoms with Crippen LogP contribution in [0.3, 0.4) is 0 Å². The number of thiazole rings is 1. The summed E-state index contributed by atoms with van der Waals surface area (Å²) in [5.74, 6) is 1.33. The van der Waals surface area contributed by atoms with Crippen LogP contribution in [0, 0.1) is 11.8 Å². The Kier molecular flexibility index (Phi) is 4.44. The fourth-order valence-corrected chi connectivity index (χ4v) is 4.95. The molecule has 128 valence electrons. The third-order valence-electron chi connectivity index (χ3n) is 5.57. The van der Waals surface area contributed by atoms with Crippen molar-refractivity contribution in [2.75, 3.05) is 31.1 Å². The minimum Gasteiger partial charge on any atom is -0.348 e. The first-order chi connectivity index (χ1) is 11.7. The molecule has 2 aromatic rings. The number of rotatable bonds is 3. The van der Waals surface area contributed by atoms with E-state index in [-0.39, 0.29) is 5.92 Å². The fourth-order valence-electron chi connectivity index (χ4n) is 3.94. The van der Waals surface area contributed by atoms with Gasteiger partial charge in [0, 0.05) is 32.1 Å². The lowest BCUT2D eigenvalue weighted by molar-refractivity contribution is -0.135. The standard InChI is InChI=1S/C19H25N3OS/c1-2-14-7-10-22(13-14)18(23)15-8-11-21(12-9-15)19-20-16-5-3-4-6-17(16)24-19/h3-6,14-15H,2,7-13H2,1H3. The van der Waals surface area contributed by atoms with Crippen LogP contribution >= 0.6 is 11.3 Å². The number of carbonyl (C=O) groups excluding carboxylic acids is 1. The van der Waals surface area contributed by atoms with Gasteiger partial charge in [0.15, 0.2) is 5.13 Å². The minimum absolute atomic E-state index is 0.214. The highest BCUT2D eigenvalue weighted by molar-refractivity contribution is 7.22. The molecule has 2 fully saturated rings. The zero-order valence-electron chi connectivity index (χ0n) is 14.3. The number of carbonyl (C=O) groups is 1. The van der Waals surface area contributed by atoms with Gasteiger partial charge in [-0.2, -0.15) is 0 Å². The number of amides is 1. The largest absolute Gasteiger partial charge is 0.348 e. The van der Waals surface area contributed by atoms with Gasteiger partial charge in [0.2, 0.25) is 5.91 Å². The third kappa shape index (κ3) is 3.02. The lowest BCUT2D eigenvalue weighted by atomic mass is 9.95. The molecule has 1 atom stereocenters. The van der Waals surface area contributed by atoms with E-state index in [0.717, 1.165) is 55.6 Å². The van der Waals surface area contributed by atoms with Crippen molar-refractivity contribution in [3.63, 3.8) is 0 Å². The summed E-state index contributed by atoms with van der Waals surface area (Å²) >= 11 is 1.76. The maximum atomic E-state index is 12.7. The molecule has 2 saturated heterocycles. The number of benzene rings is 1. The molecule has 24 heavy (non-hydrogen) atoms. The predicted octanol–water partition coefficient (Wildman–Crippen LogP) is 3.77. The molecule has 1 aromatic carbocycles. The quantitative estimate of drug-likeness (QED) is 0.851. The molecule has 0 saturated carbocycles. The maximum absolute atomic E-state index is 12.7. The molecule has 1 unspecified atom stereocenters. The van der Waals surface area contributed by atoms with Crippen LogP contribution in [-0.2, 0) is 4.79 Å². The highest BCUT2D eigenvalue weighted by atomic mass is 32.1. The average molecular weight is 343 g/mol. The molecule has 0 N–H and O–H groups in total. The number of piperidine rings is 1. The van der Waals surface area contributed by atoms with Crippen LogP contribution in [0.2, 0.25) is 0 Å². The minimum atomic E-state index is 0.214. The molecule has 0 bridgehead atoms. The molecular formula is C19H25N3OS. The Bertz CT molecular complexity index is 687. The van der Waals surface area contributed by atoms with Crippen LogP contribution in [0.5, 0.6) is 0 Å². The van der Waals surface area contributed by atoms with Crippen molar-refractivity contribution in [1.29, 1.82) is 0 Å². The first-order valence-corrected chi connectivity index (χ1v) is 9.95. The monoisotopic (exact) mass is 343 g/mol. The Hall–Kier alpha value is -1.62. The summed E-state index contributed by atoms with van der Waals surface area (Å²) in [4.78, 5) is 22.0. The van der Waals surface area contributed by atoms with Crippen molar-refractivity contribution in [1.82, 2.24) is 9.88 Å². The van der Waals surface area contributed by atoms with E-state index < -0.39 is 0 Å². The molecule has 3 heterocycles. The predicted molar refractivity (Wildman–Crippen MR) is 99.5 cm³/mol. The number of fused-ring (bicyclic) bond motifs is 1. The van der Waals surface area contributed by atoms with Gasteiger partial charge in [-0.25, -0.2) is 4.98 Å². The molecule has 0 aliphatic carbocycles. The molecular weight excluding hydrogens is 318 g/mol. The Labute approximate surface area is 147 Å². The van der Waals surface area contributed by atoms with Crippen LogP contribution < -0.4 is 4.90 Å². The van der Waals surface area contributed by atoms with Gasteiger partial charge in [-0.3, -0.25) is 4.79 Å². The second kappa shape index (κ2) is 6.71. The van der Waals surface area contributed by atoms with Crippen LogP contribution in [0.15, 0.2) is 24.3 Å². The molecule has 0 spiro atoms. The normalized spacial score (nSPS) is 22.5. The van der Waals surface area contributed by atoms with Crippen molar-refractivity contribution in [3.8, 4) is 0 Å². The number of aromatic nitrogens is 1. The highest BCUT2D eigenvalue weighted by Crippen LogP contribution is 2.32. The van der Waals surface area contributed by atoms with E-state index in [2.05, 4.69) is 34.9 Å². The number of likely N-dealkylation sites (tertiary alicyclic amines) is 1. The summed E-state index contributed by atoms with van der Waals surface area (Å²) in [7, 11) is 0. The topological polar surface area (TPSA) is 36.4 Å². The van der Waals surface area contributed by atoms with Gasteiger partial charge in [-0.05, 0) is 37.3 Å². The third-order valence-corrected chi connectivity index (χ3v) is 6.67. The van der Waals surface area contributed by atoms with Crippen LogP contribution in [0.1, 0.15) is 32.6 Å². The number of nitrogens with zero attached hydrogens (tertiary/aromatic N) is 3. The molecule has 1 amide bonds.